The molecule has 1 aliphatic carbocycles. The van der Waals surface area contributed by atoms with E-state index < -0.39 is 66.0 Å². The van der Waals surface area contributed by atoms with Gasteiger partial charge in [-0.1, -0.05) is 72.5 Å². The van der Waals surface area contributed by atoms with Crippen LogP contribution in [0.3, 0.4) is 0 Å². The summed E-state index contributed by atoms with van der Waals surface area (Å²) in [5.41, 5.74) is 3.87. The van der Waals surface area contributed by atoms with Crippen LogP contribution in [0.15, 0.2) is 156 Å². The van der Waals surface area contributed by atoms with Gasteiger partial charge in [0, 0.05) is 43.5 Å². The standard InChI is InChI=1S/C43H34O14S7/c44-42(45)20-21-58-43-26(12-14-28-22-38(59-36-10-3-1-8-32(28)36)34-18-16-30(61(46,47)48)24-40(34)63(52,53)54)6-5-7-27(43)13-15-29-23-39(60-37-11-4-2-9-33(29)37)35-19-17-31(62(49,50)51)25-41(35)64(55,56)57/h1-4,8-19,22-25H,5-7,20-21H2,(H4-,44,45,46,47,48,49,50,51,52,53,54,55,56,57)/p+1. The maximum atomic E-state index is 12.5. The minimum atomic E-state index is -4.97. The van der Waals surface area contributed by atoms with E-state index in [0.29, 0.717) is 52.3 Å². The minimum absolute atomic E-state index is 0.00424. The molecule has 7 rings (SSSR count). The number of thioether (sulfide) groups is 2. The van der Waals surface area contributed by atoms with E-state index in [1.807, 2.05) is 60.7 Å². The molecule has 0 saturated carbocycles. The van der Waals surface area contributed by atoms with Crippen LogP contribution in [0, 0.1) is 0 Å². The Balaban J connectivity index is 1.35. The molecule has 1 aliphatic heterocycles. The van der Waals surface area contributed by atoms with E-state index in [1.54, 1.807) is 24.3 Å². The quantitative estimate of drug-likeness (QED) is 0.0543. The topological polar surface area (TPSA) is 255 Å². The van der Waals surface area contributed by atoms with Crippen LogP contribution in [0.25, 0.3) is 37.1 Å². The molecule has 1 aromatic heterocycles. The number of carboxylic acids is 1. The zero-order valence-corrected chi connectivity index (χ0v) is 38.6. The van der Waals surface area contributed by atoms with Crippen molar-refractivity contribution in [3.05, 3.63) is 148 Å². The number of aliphatic carboxylic acids is 1. The SMILES string of the molecule is O=C(O)CCSC1=C(/C=C/c2cc(-c3ccc(S(=O)(=O)O)cc3S(=O)(=O)O)[s+]c3ccccc23)CCC/C1=C\C=C1/C=C(c2ccc(S(=O)(=O)O)cc2S(=O)(=O)O)Sc2ccccc21. The van der Waals surface area contributed by atoms with E-state index >= 15 is 0 Å². The molecule has 2 aliphatic rings. The smallest absolute Gasteiger partial charge is 0.304 e. The van der Waals surface area contributed by atoms with Crippen molar-refractivity contribution < 1.29 is 61.8 Å². The summed E-state index contributed by atoms with van der Waals surface area (Å²) in [6.07, 6.45) is 11.0. The first-order chi connectivity index (χ1) is 30.1. The van der Waals surface area contributed by atoms with Crippen molar-refractivity contribution in [1.82, 2.24) is 0 Å². The average molecular weight is 1000 g/mol. The Kier molecular flexibility index (Phi) is 13.7. The Labute approximate surface area is 381 Å². The lowest BCUT2D eigenvalue weighted by Gasteiger charge is -2.22. The minimum Gasteiger partial charge on any atom is -0.481 e. The van der Waals surface area contributed by atoms with E-state index in [1.165, 1.54) is 47.0 Å². The molecule has 0 saturated heterocycles. The molecule has 64 heavy (non-hydrogen) atoms. The molecule has 5 aromatic rings. The highest BCUT2D eigenvalue weighted by Crippen LogP contribution is 2.47. The Morgan fingerprint density at radius 2 is 1.31 bits per heavy atom. The highest BCUT2D eigenvalue weighted by molar-refractivity contribution is 8.08. The molecule has 0 bridgehead atoms. The van der Waals surface area contributed by atoms with Gasteiger partial charge in [0.05, 0.1) is 21.8 Å². The van der Waals surface area contributed by atoms with Gasteiger partial charge in [0.25, 0.3) is 40.5 Å². The van der Waals surface area contributed by atoms with Crippen molar-refractivity contribution in [2.45, 2.75) is 50.2 Å². The van der Waals surface area contributed by atoms with Crippen LogP contribution in [-0.2, 0) is 45.3 Å². The summed E-state index contributed by atoms with van der Waals surface area (Å²) in [6, 6.07) is 22.2. The molecule has 21 heteroatoms. The van der Waals surface area contributed by atoms with Crippen molar-refractivity contribution in [3.63, 3.8) is 0 Å². The summed E-state index contributed by atoms with van der Waals surface area (Å²) in [6.45, 7) is 0. The fourth-order valence-corrected chi connectivity index (χ4v) is 13.3. The summed E-state index contributed by atoms with van der Waals surface area (Å²) in [7, 11) is -19.5. The summed E-state index contributed by atoms with van der Waals surface area (Å²) in [4.78, 5) is 11.1. The number of rotatable bonds is 13. The normalized spacial score (nSPS) is 16.4. The van der Waals surface area contributed by atoms with Gasteiger partial charge in [-0.05, 0) is 95.6 Å². The van der Waals surface area contributed by atoms with Crippen LogP contribution >= 0.6 is 34.9 Å². The van der Waals surface area contributed by atoms with Gasteiger partial charge < -0.3 is 5.11 Å². The van der Waals surface area contributed by atoms with E-state index in [4.69, 9.17) is 0 Å². The van der Waals surface area contributed by atoms with Crippen LogP contribution in [-0.4, -0.2) is 68.7 Å². The average Bonchev–Trinajstić information content (AvgIpc) is 3.23. The van der Waals surface area contributed by atoms with E-state index in [-0.39, 0.29) is 23.3 Å². The molecule has 2 heterocycles. The molecular weight excluding hydrogens is 965 g/mol. The van der Waals surface area contributed by atoms with Crippen LogP contribution in [0.4, 0.5) is 0 Å². The summed E-state index contributed by atoms with van der Waals surface area (Å²) in [5.74, 6) is -0.731. The lowest BCUT2D eigenvalue weighted by atomic mass is 9.93. The van der Waals surface area contributed by atoms with E-state index in [0.717, 1.165) is 48.7 Å². The van der Waals surface area contributed by atoms with Gasteiger partial charge in [-0.25, -0.2) is 0 Å². The maximum absolute atomic E-state index is 12.5. The maximum Gasteiger partial charge on any atom is 0.304 e. The summed E-state index contributed by atoms with van der Waals surface area (Å²) in [5, 5.41) is 10.3. The van der Waals surface area contributed by atoms with Crippen LogP contribution in [0.2, 0.25) is 0 Å². The summed E-state index contributed by atoms with van der Waals surface area (Å²) < 4.78 is 138. The first-order valence-corrected chi connectivity index (χ1v) is 27.2. The monoisotopic (exact) mass is 999 g/mol. The third-order valence-electron chi connectivity index (χ3n) is 9.96. The third kappa shape index (κ3) is 10.8. The van der Waals surface area contributed by atoms with Crippen molar-refractivity contribution in [2.24, 2.45) is 0 Å². The van der Waals surface area contributed by atoms with Crippen molar-refractivity contribution in [3.8, 4) is 10.4 Å². The predicted octanol–water partition coefficient (Wildman–Crippen LogP) is 9.65. The van der Waals surface area contributed by atoms with Crippen molar-refractivity contribution in [1.29, 1.82) is 0 Å². The van der Waals surface area contributed by atoms with Gasteiger partial charge in [-0.2, -0.15) is 33.7 Å². The van der Waals surface area contributed by atoms with Crippen LogP contribution in [0.1, 0.15) is 42.4 Å². The van der Waals surface area contributed by atoms with Gasteiger partial charge in [0.15, 0.2) is 0 Å². The molecule has 0 spiro atoms. The number of carbonyl (C=O) groups is 1. The fourth-order valence-electron chi connectivity index (χ4n) is 7.05. The summed E-state index contributed by atoms with van der Waals surface area (Å²) >= 11 is 3.77. The molecule has 0 atom stereocenters. The molecule has 0 radical (unpaired) electrons. The molecule has 14 nitrogen and oxygen atoms in total. The second-order valence-corrected chi connectivity index (χ2v) is 23.1. The Hall–Kier alpha value is -4.78. The van der Waals surface area contributed by atoms with Gasteiger partial charge in [-0.15, -0.1) is 11.8 Å². The number of hydrogen-bond acceptors (Lipinski definition) is 11. The number of hydrogen-bond donors (Lipinski definition) is 5. The molecule has 332 valence electrons. The Morgan fingerprint density at radius 1 is 0.688 bits per heavy atom. The number of carboxylic acid groups (broad SMARTS) is 1. The van der Waals surface area contributed by atoms with Crippen LogP contribution < -0.4 is 0 Å². The predicted molar refractivity (Wildman–Crippen MR) is 248 cm³/mol. The third-order valence-corrected chi connectivity index (χ3v) is 16.9. The van der Waals surface area contributed by atoms with Gasteiger partial charge in [0.1, 0.15) is 9.79 Å². The number of fused-ring (bicyclic) bond motifs is 2. The largest absolute Gasteiger partial charge is 0.481 e. The fraction of sp³-hybridized carbons (Fsp3) is 0.116. The zero-order valence-electron chi connectivity index (χ0n) is 32.9. The van der Waals surface area contributed by atoms with Crippen molar-refractivity contribution >= 4 is 108 Å². The first-order valence-electron chi connectivity index (χ1n) is 18.8. The number of benzene rings is 4. The molecule has 0 fully saturated rings. The highest BCUT2D eigenvalue weighted by Gasteiger charge is 2.28. The Bertz CT molecular complexity index is 3390. The molecule has 4 aromatic carbocycles. The Morgan fingerprint density at radius 3 is 1.97 bits per heavy atom. The molecule has 0 amide bonds. The number of allylic oxidation sites excluding steroid dienone is 7. The zero-order chi connectivity index (χ0) is 46.2. The second kappa shape index (κ2) is 18.6. The van der Waals surface area contributed by atoms with Crippen molar-refractivity contribution in [2.75, 3.05) is 5.75 Å². The van der Waals surface area contributed by atoms with E-state index in [2.05, 4.69) is 0 Å². The lowest BCUT2D eigenvalue weighted by molar-refractivity contribution is -0.136. The molecule has 5 N–H and O–H groups in total. The van der Waals surface area contributed by atoms with E-state index in [9.17, 15) is 61.8 Å². The molecular formula is C43H35O14S7+. The van der Waals surface area contributed by atoms with Gasteiger partial charge in [-0.3, -0.25) is 23.0 Å². The molecule has 0 unspecified atom stereocenters. The van der Waals surface area contributed by atoms with Crippen LogP contribution in [0.5, 0.6) is 0 Å². The lowest BCUT2D eigenvalue weighted by Crippen LogP contribution is -2.07. The second-order valence-electron chi connectivity index (χ2n) is 14.2. The highest BCUT2D eigenvalue weighted by atomic mass is 32.2. The first kappa shape index (κ1) is 47.2. The van der Waals surface area contributed by atoms with Gasteiger partial charge in [0.2, 0.25) is 20.9 Å². The van der Waals surface area contributed by atoms with Gasteiger partial charge >= 0.3 is 5.97 Å².